The van der Waals surface area contributed by atoms with Crippen LogP contribution in [0.25, 0.3) is 0 Å². The Kier molecular flexibility index (Phi) is 5.97. The summed E-state index contributed by atoms with van der Waals surface area (Å²) in [5.74, 6) is 1.53. The number of aromatic nitrogens is 3. The Morgan fingerprint density at radius 2 is 2.15 bits per heavy atom. The van der Waals surface area contributed by atoms with Crippen LogP contribution in [-0.4, -0.2) is 45.6 Å². The Morgan fingerprint density at radius 1 is 1.37 bits per heavy atom. The van der Waals surface area contributed by atoms with Crippen LogP contribution >= 0.6 is 11.8 Å². The molecule has 1 aromatic carbocycles. The Hall–Kier alpha value is -3.01. The number of fused-ring (bicyclic) bond motifs is 1. The molecular formula is C17H19N5O4S. The highest BCUT2D eigenvalue weighted by atomic mass is 32.2. The molecule has 0 radical (unpaired) electrons. The molecule has 142 valence electrons. The number of amides is 3. The lowest BCUT2D eigenvalue weighted by Gasteiger charge is -2.25. The first-order chi connectivity index (χ1) is 13.1. The van der Waals surface area contributed by atoms with Crippen LogP contribution in [0.1, 0.15) is 11.9 Å². The molecule has 1 aromatic heterocycles. The van der Waals surface area contributed by atoms with E-state index in [1.807, 2.05) is 24.3 Å². The van der Waals surface area contributed by atoms with Crippen molar-refractivity contribution in [3.05, 3.63) is 42.7 Å². The van der Waals surface area contributed by atoms with E-state index in [1.54, 1.807) is 11.6 Å². The molecule has 2 heterocycles. The number of nitrogens with one attached hydrogen (secondary N) is 2. The normalized spacial score (nSPS) is 15.1. The fourth-order valence-electron chi connectivity index (χ4n) is 2.38. The van der Waals surface area contributed by atoms with E-state index >= 15 is 0 Å². The number of carbonyl (C=O) groups excluding carboxylic acids is 2. The summed E-state index contributed by atoms with van der Waals surface area (Å²) in [6, 6.07) is 6.85. The zero-order valence-corrected chi connectivity index (χ0v) is 15.5. The van der Waals surface area contributed by atoms with Gasteiger partial charge in [0.2, 0.25) is 5.91 Å². The predicted octanol–water partition coefficient (Wildman–Crippen LogP) is 1.43. The lowest BCUT2D eigenvalue weighted by molar-refractivity contribution is -0.117. The number of imide groups is 1. The SMILES string of the molecule is C=CCNC(=O)NC(=O)CSc1nnc([C@@H]2COc3ccccc3O2)n1C. The molecule has 1 aliphatic heterocycles. The van der Waals surface area contributed by atoms with E-state index in [9.17, 15) is 9.59 Å². The van der Waals surface area contributed by atoms with Crippen LogP contribution in [0.3, 0.4) is 0 Å². The lowest BCUT2D eigenvalue weighted by atomic mass is 10.2. The van der Waals surface area contributed by atoms with Gasteiger partial charge in [-0.1, -0.05) is 30.0 Å². The largest absolute Gasteiger partial charge is 0.485 e. The predicted molar refractivity (Wildman–Crippen MR) is 98.8 cm³/mol. The van der Waals surface area contributed by atoms with Gasteiger partial charge in [-0.15, -0.1) is 16.8 Å². The van der Waals surface area contributed by atoms with Gasteiger partial charge in [0.15, 0.2) is 28.6 Å². The number of rotatable bonds is 6. The van der Waals surface area contributed by atoms with Crippen LogP contribution in [-0.2, 0) is 11.8 Å². The highest BCUT2D eigenvalue weighted by molar-refractivity contribution is 7.99. The highest BCUT2D eigenvalue weighted by Crippen LogP contribution is 2.35. The van der Waals surface area contributed by atoms with Gasteiger partial charge in [-0.25, -0.2) is 4.79 Å². The van der Waals surface area contributed by atoms with E-state index in [4.69, 9.17) is 9.47 Å². The average molecular weight is 389 g/mol. The molecule has 2 N–H and O–H groups in total. The van der Waals surface area contributed by atoms with Crippen molar-refractivity contribution in [3.63, 3.8) is 0 Å². The molecule has 1 atom stereocenters. The summed E-state index contributed by atoms with van der Waals surface area (Å²) in [5, 5.41) is 13.5. The van der Waals surface area contributed by atoms with E-state index in [0.717, 1.165) is 0 Å². The van der Waals surface area contributed by atoms with Crippen molar-refractivity contribution in [3.8, 4) is 11.5 Å². The van der Waals surface area contributed by atoms with Gasteiger partial charge in [0.1, 0.15) is 6.61 Å². The molecule has 0 saturated heterocycles. The van der Waals surface area contributed by atoms with Gasteiger partial charge in [0.25, 0.3) is 0 Å². The minimum absolute atomic E-state index is 0.0261. The van der Waals surface area contributed by atoms with Gasteiger partial charge >= 0.3 is 6.03 Å². The van der Waals surface area contributed by atoms with E-state index in [1.165, 1.54) is 17.8 Å². The molecule has 0 spiro atoms. The number of ether oxygens (including phenoxy) is 2. The smallest absolute Gasteiger partial charge is 0.321 e. The number of benzene rings is 1. The molecule has 0 saturated carbocycles. The van der Waals surface area contributed by atoms with Crippen LogP contribution in [0.15, 0.2) is 42.1 Å². The second-order valence-electron chi connectivity index (χ2n) is 5.60. The van der Waals surface area contributed by atoms with Crippen LogP contribution in [0.4, 0.5) is 4.79 Å². The zero-order chi connectivity index (χ0) is 19.2. The number of carbonyl (C=O) groups is 2. The van der Waals surface area contributed by atoms with Crippen molar-refractivity contribution >= 4 is 23.7 Å². The Bertz CT molecular complexity index is 854. The maximum Gasteiger partial charge on any atom is 0.321 e. The quantitative estimate of drug-likeness (QED) is 0.568. The standard InChI is InChI=1S/C17H19N5O4S/c1-3-8-18-16(24)19-14(23)10-27-17-21-20-15(22(17)2)13-9-25-11-6-4-5-7-12(11)26-13/h3-7,13H,1,8-10H2,2H3,(H2,18,19,23,24)/t13-/m0/s1. The molecule has 3 amide bonds. The third-order valence-electron chi connectivity index (χ3n) is 3.66. The summed E-state index contributed by atoms with van der Waals surface area (Å²) >= 11 is 1.17. The number of hydrogen-bond donors (Lipinski definition) is 2. The van der Waals surface area contributed by atoms with E-state index in [-0.39, 0.29) is 12.3 Å². The Balaban J connectivity index is 1.57. The van der Waals surface area contributed by atoms with Gasteiger partial charge < -0.3 is 19.4 Å². The van der Waals surface area contributed by atoms with Crippen molar-refractivity contribution in [1.29, 1.82) is 0 Å². The fraction of sp³-hybridized carbons (Fsp3) is 0.294. The molecule has 2 aromatic rings. The molecule has 0 unspecified atom stereocenters. The second-order valence-corrected chi connectivity index (χ2v) is 6.54. The number of thioether (sulfide) groups is 1. The number of nitrogens with zero attached hydrogens (tertiary/aromatic N) is 3. The van der Waals surface area contributed by atoms with Crippen LogP contribution < -0.4 is 20.1 Å². The van der Waals surface area contributed by atoms with Crippen molar-refractivity contribution in [1.82, 2.24) is 25.4 Å². The maximum atomic E-state index is 11.8. The third-order valence-corrected chi connectivity index (χ3v) is 4.68. The fourth-order valence-corrected chi connectivity index (χ4v) is 3.10. The second kappa shape index (κ2) is 8.58. The van der Waals surface area contributed by atoms with Gasteiger partial charge in [-0.2, -0.15) is 0 Å². The number of para-hydroxylation sites is 2. The van der Waals surface area contributed by atoms with Gasteiger partial charge in [0.05, 0.1) is 5.75 Å². The summed E-state index contributed by atoms with van der Waals surface area (Å²) < 4.78 is 13.4. The molecule has 10 heteroatoms. The first kappa shape index (κ1) is 18.8. The van der Waals surface area contributed by atoms with Gasteiger partial charge in [-0.05, 0) is 12.1 Å². The monoisotopic (exact) mass is 389 g/mol. The average Bonchev–Trinajstić information content (AvgIpc) is 3.04. The van der Waals surface area contributed by atoms with Crippen molar-refractivity contribution < 1.29 is 19.1 Å². The zero-order valence-electron chi connectivity index (χ0n) is 14.7. The summed E-state index contributed by atoms with van der Waals surface area (Å²) in [7, 11) is 1.79. The van der Waals surface area contributed by atoms with Crippen molar-refractivity contribution in [2.24, 2.45) is 7.05 Å². The van der Waals surface area contributed by atoms with E-state index in [2.05, 4.69) is 27.4 Å². The number of urea groups is 1. The van der Waals surface area contributed by atoms with Crippen LogP contribution in [0.5, 0.6) is 11.5 Å². The molecule has 27 heavy (non-hydrogen) atoms. The van der Waals surface area contributed by atoms with E-state index in [0.29, 0.717) is 29.1 Å². The topological polar surface area (TPSA) is 107 Å². The van der Waals surface area contributed by atoms with Crippen molar-refractivity contribution in [2.45, 2.75) is 11.3 Å². The van der Waals surface area contributed by atoms with Crippen LogP contribution in [0, 0.1) is 0 Å². The van der Waals surface area contributed by atoms with Crippen LogP contribution in [0.2, 0.25) is 0 Å². The third kappa shape index (κ3) is 4.59. The molecular weight excluding hydrogens is 370 g/mol. The highest BCUT2D eigenvalue weighted by Gasteiger charge is 2.27. The summed E-state index contributed by atoms with van der Waals surface area (Å²) in [4.78, 5) is 23.3. The number of hydrogen-bond acceptors (Lipinski definition) is 7. The minimum Gasteiger partial charge on any atom is -0.485 e. The Labute approximate surface area is 160 Å². The molecule has 0 fully saturated rings. The Morgan fingerprint density at radius 3 is 2.93 bits per heavy atom. The minimum atomic E-state index is -0.564. The molecule has 3 rings (SSSR count). The lowest BCUT2D eigenvalue weighted by Crippen LogP contribution is -2.40. The molecule has 0 aliphatic carbocycles. The maximum absolute atomic E-state index is 11.8. The summed E-state index contributed by atoms with van der Waals surface area (Å²) in [5.41, 5.74) is 0. The summed E-state index contributed by atoms with van der Waals surface area (Å²) in [6.07, 6.45) is 1.13. The summed E-state index contributed by atoms with van der Waals surface area (Å²) in [6.45, 7) is 4.08. The molecule has 1 aliphatic rings. The first-order valence-corrected chi connectivity index (χ1v) is 9.16. The molecule has 0 bridgehead atoms. The van der Waals surface area contributed by atoms with Crippen molar-refractivity contribution in [2.75, 3.05) is 18.9 Å². The van der Waals surface area contributed by atoms with Gasteiger partial charge in [0, 0.05) is 13.6 Å². The van der Waals surface area contributed by atoms with E-state index < -0.39 is 18.0 Å². The first-order valence-electron chi connectivity index (χ1n) is 8.17. The van der Waals surface area contributed by atoms with Gasteiger partial charge in [-0.3, -0.25) is 10.1 Å². The molecule has 9 nitrogen and oxygen atoms in total.